The third-order valence-corrected chi connectivity index (χ3v) is 4.47. The molecule has 1 fully saturated rings. The number of para-hydroxylation sites is 1. The Bertz CT molecular complexity index is 504. The summed E-state index contributed by atoms with van der Waals surface area (Å²) in [6, 6.07) is 5.39. The van der Waals surface area contributed by atoms with Crippen molar-refractivity contribution in [3.63, 3.8) is 0 Å². The van der Waals surface area contributed by atoms with Crippen LogP contribution in [-0.4, -0.2) is 29.9 Å². The molecule has 1 unspecified atom stereocenters. The molecule has 0 bridgehead atoms. The molecular formula is C18H27FN2O. The second-order valence-electron chi connectivity index (χ2n) is 6.13. The van der Waals surface area contributed by atoms with Crippen LogP contribution in [0.3, 0.4) is 0 Å². The first-order valence-corrected chi connectivity index (χ1v) is 8.36. The smallest absolute Gasteiger partial charge is 0.241 e. The van der Waals surface area contributed by atoms with Gasteiger partial charge in [0.25, 0.3) is 0 Å². The Balaban J connectivity index is 2.10. The standard InChI is InChI=1S/C18H27FN2O/c1-3-4-11-21-12-6-5-10-16(21)18(22)20-17-14(2)8-7-9-15(17)13-19/h7-9,16H,3-6,10-13H2,1-2H3,(H,20,22). The van der Waals surface area contributed by atoms with E-state index in [-0.39, 0.29) is 11.9 Å². The molecule has 0 aromatic heterocycles. The monoisotopic (exact) mass is 306 g/mol. The fraction of sp³-hybridized carbons (Fsp3) is 0.611. The van der Waals surface area contributed by atoms with Crippen LogP contribution in [0.2, 0.25) is 0 Å². The second-order valence-corrected chi connectivity index (χ2v) is 6.13. The number of amides is 1. The SMILES string of the molecule is CCCCN1CCCCC1C(=O)Nc1c(C)cccc1CF. The maximum atomic E-state index is 13.1. The van der Waals surface area contributed by atoms with E-state index in [1.807, 2.05) is 19.1 Å². The number of rotatable bonds is 6. The van der Waals surface area contributed by atoms with Crippen LogP contribution in [0.15, 0.2) is 18.2 Å². The molecule has 22 heavy (non-hydrogen) atoms. The molecule has 0 spiro atoms. The predicted octanol–water partition coefficient (Wildman–Crippen LogP) is 4.06. The van der Waals surface area contributed by atoms with E-state index in [0.29, 0.717) is 11.3 Å². The molecule has 1 aliphatic heterocycles. The van der Waals surface area contributed by atoms with Crippen LogP contribution in [0.1, 0.15) is 50.2 Å². The van der Waals surface area contributed by atoms with E-state index in [0.717, 1.165) is 50.8 Å². The highest BCUT2D eigenvalue weighted by atomic mass is 19.1. The molecule has 1 aromatic carbocycles. The number of hydrogen-bond acceptors (Lipinski definition) is 2. The van der Waals surface area contributed by atoms with Gasteiger partial charge in [-0.1, -0.05) is 38.0 Å². The summed E-state index contributed by atoms with van der Waals surface area (Å²) in [6.45, 7) is 5.48. The predicted molar refractivity (Wildman–Crippen MR) is 88.7 cm³/mol. The van der Waals surface area contributed by atoms with Crippen LogP contribution < -0.4 is 5.32 Å². The number of nitrogens with one attached hydrogen (secondary N) is 1. The van der Waals surface area contributed by atoms with E-state index >= 15 is 0 Å². The summed E-state index contributed by atoms with van der Waals surface area (Å²) >= 11 is 0. The molecule has 0 aliphatic carbocycles. The van der Waals surface area contributed by atoms with E-state index < -0.39 is 6.67 Å². The third kappa shape index (κ3) is 4.07. The Labute approximate surface area is 132 Å². The van der Waals surface area contributed by atoms with Gasteiger partial charge in [0, 0.05) is 11.3 Å². The number of carbonyl (C=O) groups excluding carboxylic acids is 1. The fourth-order valence-corrected chi connectivity index (χ4v) is 3.14. The van der Waals surface area contributed by atoms with Gasteiger partial charge < -0.3 is 5.32 Å². The van der Waals surface area contributed by atoms with Crippen molar-refractivity contribution < 1.29 is 9.18 Å². The molecule has 1 atom stereocenters. The summed E-state index contributed by atoms with van der Waals surface area (Å²) in [5.74, 6) is 0.0137. The Morgan fingerprint density at radius 3 is 2.95 bits per heavy atom. The molecule has 4 heteroatoms. The van der Waals surface area contributed by atoms with Crippen molar-refractivity contribution in [3.8, 4) is 0 Å². The minimum Gasteiger partial charge on any atom is -0.324 e. The lowest BCUT2D eigenvalue weighted by Crippen LogP contribution is -2.47. The maximum absolute atomic E-state index is 13.1. The highest BCUT2D eigenvalue weighted by Gasteiger charge is 2.28. The second kappa shape index (κ2) is 8.28. The fourth-order valence-electron chi connectivity index (χ4n) is 3.14. The summed E-state index contributed by atoms with van der Waals surface area (Å²) in [7, 11) is 0. The highest BCUT2D eigenvalue weighted by molar-refractivity contribution is 5.96. The number of nitrogens with zero attached hydrogens (tertiary/aromatic N) is 1. The van der Waals surface area contributed by atoms with E-state index in [9.17, 15) is 9.18 Å². The Hall–Kier alpha value is -1.42. The van der Waals surface area contributed by atoms with Crippen molar-refractivity contribution in [2.45, 2.75) is 58.7 Å². The van der Waals surface area contributed by atoms with Gasteiger partial charge in [-0.05, 0) is 44.8 Å². The molecule has 1 amide bonds. The quantitative estimate of drug-likeness (QED) is 0.859. The summed E-state index contributed by atoms with van der Waals surface area (Å²) < 4.78 is 13.1. The molecule has 3 nitrogen and oxygen atoms in total. The van der Waals surface area contributed by atoms with Gasteiger partial charge in [0.2, 0.25) is 5.91 Å². The lowest BCUT2D eigenvalue weighted by molar-refractivity contribution is -0.122. The van der Waals surface area contributed by atoms with Crippen LogP contribution in [0, 0.1) is 6.92 Å². The Morgan fingerprint density at radius 2 is 2.23 bits per heavy atom. The van der Waals surface area contributed by atoms with Gasteiger partial charge in [-0.25, -0.2) is 4.39 Å². The Kier molecular flexibility index (Phi) is 6.37. The number of piperidine rings is 1. The largest absolute Gasteiger partial charge is 0.324 e. The van der Waals surface area contributed by atoms with E-state index in [1.165, 1.54) is 0 Å². The molecular weight excluding hydrogens is 279 g/mol. The van der Waals surface area contributed by atoms with Crippen LogP contribution in [0.4, 0.5) is 10.1 Å². The zero-order valence-corrected chi connectivity index (χ0v) is 13.7. The van der Waals surface area contributed by atoms with Crippen molar-refractivity contribution >= 4 is 11.6 Å². The van der Waals surface area contributed by atoms with Crippen molar-refractivity contribution in [2.24, 2.45) is 0 Å². The van der Waals surface area contributed by atoms with Crippen molar-refractivity contribution in [1.29, 1.82) is 0 Å². The normalized spacial score (nSPS) is 19.1. The summed E-state index contributed by atoms with van der Waals surface area (Å²) in [6.07, 6.45) is 5.39. The van der Waals surface area contributed by atoms with Crippen molar-refractivity contribution in [2.75, 3.05) is 18.4 Å². The number of unbranched alkanes of at least 4 members (excludes halogenated alkanes) is 1. The summed E-state index contributed by atoms with van der Waals surface area (Å²) in [4.78, 5) is 15.0. The van der Waals surface area contributed by atoms with Gasteiger partial charge in [-0.15, -0.1) is 0 Å². The van der Waals surface area contributed by atoms with Crippen molar-refractivity contribution in [3.05, 3.63) is 29.3 Å². The number of anilines is 1. The van der Waals surface area contributed by atoms with Crippen LogP contribution in [0.25, 0.3) is 0 Å². The molecule has 1 aliphatic rings. The number of alkyl halides is 1. The third-order valence-electron chi connectivity index (χ3n) is 4.47. The molecule has 122 valence electrons. The number of halogens is 1. The Morgan fingerprint density at radius 1 is 1.41 bits per heavy atom. The van der Waals surface area contributed by atoms with Gasteiger partial charge in [0.15, 0.2) is 0 Å². The van der Waals surface area contributed by atoms with E-state index in [1.54, 1.807) is 6.07 Å². The number of hydrogen-bond donors (Lipinski definition) is 1. The molecule has 1 N–H and O–H groups in total. The van der Waals surface area contributed by atoms with Gasteiger partial charge in [0.05, 0.1) is 6.04 Å². The van der Waals surface area contributed by atoms with Gasteiger partial charge in [-0.2, -0.15) is 0 Å². The first kappa shape index (κ1) is 16.9. The summed E-state index contributed by atoms with van der Waals surface area (Å²) in [5, 5.41) is 2.99. The first-order valence-electron chi connectivity index (χ1n) is 8.36. The number of benzene rings is 1. The zero-order chi connectivity index (χ0) is 15.9. The summed E-state index contributed by atoms with van der Waals surface area (Å²) in [5.41, 5.74) is 2.12. The van der Waals surface area contributed by atoms with E-state index in [4.69, 9.17) is 0 Å². The zero-order valence-electron chi connectivity index (χ0n) is 13.7. The van der Waals surface area contributed by atoms with Gasteiger partial charge in [-0.3, -0.25) is 9.69 Å². The van der Waals surface area contributed by atoms with Crippen LogP contribution in [0.5, 0.6) is 0 Å². The number of carbonyl (C=O) groups is 1. The average molecular weight is 306 g/mol. The molecule has 0 saturated carbocycles. The maximum Gasteiger partial charge on any atom is 0.241 e. The van der Waals surface area contributed by atoms with Crippen molar-refractivity contribution in [1.82, 2.24) is 4.90 Å². The highest BCUT2D eigenvalue weighted by Crippen LogP contribution is 2.24. The minimum absolute atomic E-state index is 0.0137. The van der Waals surface area contributed by atoms with E-state index in [2.05, 4.69) is 17.1 Å². The lowest BCUT2D eigenvalue weighted by Gasteiger charge is -2.34. The lowest BCUT2D eigenvalue weighted by atomic mass is 10.00. The molecule has 1 aromatic rings. The van der Waals surface area contributed by atoms with Gasteiger partial charge in [0.1, 0.15) is 6.67 Å². The number of aryl methyl sites for hydroxylation is 1. The molecule has 0 radical (unpaired) electrons. The van der Waals surface area contributed by atoms with Gasteiger partial charge >= 0.3 is 0 Å². The van der Waals surface area contributed by atoms with Crippen LogP contribution in [-0.2, 0) is 11.5 Å². The molecule has 1 heterocycles. The first-order chi connectivity index (χ1) is 10.7. The molecule has 1 saturated heterocycles. The topological polar surface area (TPSA) is 32.3 Å². The average Bonchev–Trinajstić information content (AvgIpc) is 2.55. The number of likely N-dealkylation sites (tertiary alicyclic amines) is 1. The minimum atomic E-state index is -0.554. The molecule has 2 rings (SSSR count). The van der Waals surface area contributed by atoms with Crippen LogP contribution >= 0.6 is 0 Å².